The summed E-state index contributed by atoms with van der Waals surface area (Å²) in [6, 6.07) is 13.6. The molecule has 2 aromatic heterocycles. The van der Waals surface area contributed by atoms with E-state index in [-0.39, 0.29) is 17.4 Å². The van der Waals surface area contributed by atoms with E-state index in [9.17, 15) is 57.1 Å². The van der Waals surface area contributed by atoms with E-state index in [2.05, 4.69) is 9.97 Å². The Morgan fingerprint density at radius 2 is 1.12 bits per heavy atom. The third-order valence-electron chi connectivity index (χ3n) is 7.04. The number of fused-ring (bicyclic) bond motifs is 2. The van der Waals surface area contributed by atoms with Gasteiger partial charge in [0.05, 0.1) is 6.20 Å². The minimum atomic E-state index is -6.85. The molecule has 0 spiro atoms. The van der Waals surface area contributed by atoms with Crippen LogP contribution in [0.25, 0.3) is 23.3 Å². The molecule has 0 amide bonds. The second-order valence-corrected chi connectivity index (χ2v) is 14.6. The maximum Gasteiger partial charge on any atom is 0.524 e. The molecule has 0 saturated carbocycles. The first-order valence-corrected chi connectivity index (χ1v) is 17.3. The summed E-state index contributed by atoms with van der Waals surface area (Å²) in [7, 11) is -13.7. The van der Waals surface area contributed by atoms with Gasteiger partial charge in [-0.05, 0) is 89.6 Å². The van der Waals surface area contributed by atoms with Gasteiger partial charge in [-0.2, -0.15) is 43.2 Å². The molecule has 0 aliphatic heterocycles. The summed E-state index contributed by atoms with van der Waals surface area (Å²) < 4.78 is 137. The number of aryl methyl sites for hydroxylation is 1. The quantitative estimate of drug-likeness (QED) is 0.124. The topological polar surface area (TPSA) is 124 Å². The summed E-state index contributed by atoms with van der Waals surface area (Å²) >= 11 is 11.7. The molecule has 1 N–H and O–H groups in total. The second kappa shape index (κ2) is 14.9. The molecular weight excluding hydrogens is 783 g/mol. The van der Waals surface area contributed by atoms with Crippen molar-refractivity contribution in [3.63, 3.8) is 0 Å². The number of benzene rings is 2. The van der Waals surface area contributed by atoms with Crippen molar-refractivity contribution in [3.8, 4) is 5.75 Å². The van der Waals surface area contributed by atoms with Gasteiger partial charge < -0.3 is 5.11 Å². The van der Waals surface area contributed by atoms with Crippen LogP contribution in [0.1, 0.15) is 38.9 Å². The van der Waals surface area contributed by atoms with Crippen LogP contribution in [0.3, 0.4) is 0 Å². The average Bonchev–Trinajstić information content (AvgIpc) is 3.65. The SMILES string of the molecule is Cc1cnc(Cl)cc1C1=Cc2c(F)cccc2C1.O=S(=O)(OS(=O)(=O)C(F)(F)F)C(F)(F)F.Oc1cnc(Cl)cc1C1=Cc2c(F)cccc2C1. The number of alkyl halides is 6. The molecule has 4 aromatic rings. The third kappa shape index (κ3) is 9.23. The van der Waals surface area contributed by atoms with Gasteiger partial charge in [0.2, 0.25) is 0 Å². The van der Waals surface area contributed by atoms with Crippen molar-refractivity contribution in [2.45, 2.75) is 30.8 Å². The number of hydrogen-bond donors (Lipinski definition) is 1. The summed E-state index contributed by atoms with van der Waals surface area (Å²) in [5.74, 6) is -0.360. The van der Waals surface area contributed by atoms with Gasteiger partial charge >= 0.3 is 31.3 Å². The van der Waals surface area contributed by atoms with Crippen LogP contribution in [-0.4, -0.2) is 42.9 Å². The first-order chi connectivity index (χ1) is 23.5. The van der Waals surface area contributed by atoms with Crippen LogP contribution < -0.4 is 0 Å². The minimum Gasteiger partial charge on any atom is -0.506 e. The average molecular weight is 804 g/mol. The van der Waals surface area contributed by atoms with E-state index in [0.717, 1.165) is 39.8 Å². The van der Waals surface area contributed by atoms with Crippen molar-refractivity contribution < 1.29 is 60.7 Å². The molecule has 6 rings (SSSR count). The maximum absolute atomic E-state index is 13.7. The number of allylic oxidation sites excluding steroid dienone is 2. The summed E-state index contributed by atoms with van der Waals surface area (Å²) in [6.45, 7) is 1.98. The first-order valence-electron chi connectivity index (χ1n) is 13.8. The van der Waals surface area contributed by atoms with Crippen LogP contribution in [-0.2, 0) is 36.7 Å². The zero-order chi connectivity index (χ0) is 38.1. The van der Waals surface area contributed by atoms with Crippen LogP contribution in [0, 0.1) is 18.6 Å². The van der Waals surface area contributed by atoms with Crippen molar-refractivity contribution >= 4 is 66.7 Å². The standard InChI is InChI=1S/C15H11ClFN.C14H9ClFNO.C2F6O5S2/c1-9-8-18-15(16)7-12(9)11-5-10-3-2-4-14(17)13(10)6-11;15-14-6-11(13(18)7-17-14)9-4-8-2-1-3-12(16)10(8)5-9;3-1(4,5)14(9,10)13-15(11,12)2(6,7)8/h2-4,6-8H,5H2,1H3;1-3,5-7,18H,4H2;. The Kier molecular flexibility index (Phi) is 11.6. The highest BCUT2D eigenvalue weighted by atomic mass is 35.5. The number of pyridine rings is 2. The predicted octanol–water partition coefficient (Wildman–Crippen LogP) is 8.66. The highest BCUT2D eigenvalue weighted by molar-refractivity contribution is 8.00. The van der Waals surface area contributed by atoms with Crippen molar-refractivity contribution in [2.75, 3.05) is 0 Å². The Morgan fingerprint density at radius 3 is 1.55 bits per heavy atom. The minimum absolute atomic E-state index is 0.0545. The van der Waals surface area contributed by atoms with E-state index in [4.69, 9.17) is 23.2 Å². The lowest BCUT2D eigenvalue weighted by molar-refractivity contribution is -0.0585. The molecule has 2 aliphatic rings. The molecule has 0 bridgehead atoms. The van der Waals surface area contributed by atoms with E-state index < -0.39 is 31.3 Å². The Balaban J connectivity index is 0.000000173. The molecule has 0 saturated heterocycles. The lowest BCUT2D eigenvalue weighted by Crippen LogP contribution is -2.34. The molecule has 272 valence electrons. The monoisotopic (exact) mass is 802 g/mol. The fourth-order valence-corrected chi connectivity index (χ4v) is 6.60. The molecule has 0 unspecified atom stereocenters. The normalized spacial score (nSPS) is 13.9. The summed E-state index contributed by atoms with van der Waals surface area (Å²) in [5, 5.41) is 10.6. The van der Waals surface area contributed by atoms with E-state index in [1.54, 1.807) is 30.5 Å². The smallest absolute Gasteiger partial charge is 0.506 e. The molecular formula is C31H20Cl2F8N2O6S2. The zero-order valence-electron chi connectivity index (χ0n) is 25.3. The number of aromatic nitrogens is 2. The van der Waals surface area contributed by atoms with Crippen molar-refractivity contribution in [1.82, 2.24) is 9.97 Å². The molecule has 0 atom stereocenters. The Hall–Kier alpha value is -4.10. The maximum atomic E-state index is 13.7. The van der Waals surface area contributed by atoms with Crippen molar-refractivity contribution in [2.24, 2.45) is 0 Å². The largest absolute Gasteiger partial charge is 0.524 e. The van der Waals surface area contributed by atoms with Crippen LogP contribution in [0.15, 0.2) is 60.9 Å². The number of halogens is 10. The molecule has 51 heavy (non-hydrogen) atoms. The molecule has 20 heteroatoms. The lowest BCUT2D eigenvalue weighted by atomic mass is 10.0. The van der Waals surface area contributed by atoms with Gasteiger partial charge in [0.1, 0.15) is 27.7 Å². The van der Waals surface area contributed by atoms with Gasteiger partial charge in [-0.15, -0.1) is 3.63 Å². The summed E-state index contributed by atoms with van der Waals surface area (Å²) in [6.07, 6.45) is 8.03. The molecule has 2 aromatic carbocycles. The van der Waals surface area contributed by atoms with E-state index in [1.807, 2.05) is 34.8 Å². The van der Waals surface area contributed by atoms with Gasteiger partial charge in [-0.1, -0.05) is 47.5 Å². The van der Waals surface area contributed by atoms with Crippen molar-refractivity contribution in [3.05, 3.63) is 122 Å². The predicted molar refractivity (Wildman–Crippen MR) is 172 cm³/mol. The van der Waals surface area contributed by atoms with Gasteiger partial charge in [0.15, 0.2) is 0 Å². The van der Waals surface area contributed by atoms with Crippen LogP contribution in [0.5, 0.6) is 5.75 Å². The van der Waals surface area contributed by atoms with Crippen LogP contribution >= 0.6 is 23.2 Å². The molecule has 0 fully saturated rings. The fourth-order valence-electron chi connectivity index (χ4n) is 4.72. The number of rotatable bonds is 4. The number of nitrogens with zero attached hydrogens (tertiary/aromatic N) is 2. The van der Waals surface area contributed by atoms with Crippen molar-refractivity contribution in [1.29, 1.82) is 0 Å². The van der Waals surface area contributed by atoms with E-state index in [1.165, 1.54) is 18.3 Å². The zero-order valence-corrected chi connectivity index (χ0v) is 28.5. The summed E-state index contributed by atoms with van der Waals surface area (Å²) in [5.41, 5.74) is -4.66. The molecule has 0 radical (unpaired) electrons. The van der Waals surface area contributed by atoms with Gasteiger partial charge in [-0.3, -0.25) is 0 Å². The highest BCUT2D eigenvalue weighted by Gasteiger charge is 2.57. The van der Waals surface area contributed by atoms with Crippen LogP contribution in [0.2, 0.25) is 10.3 Å². The molecule has 8 nitrogen and oxygen atoms in total. The number of aromatic hydroxyl groups is 1. The first kappa shape index (κ1) is 39.7. The molecule has 2 aliphatic carbocycles. The van der Waals surface area contributed by atoms with Gasteiger partial charge in [0.25, 0.3) is 0 Å². The molecule has 2 heterocycles. The van der Waals surface area contributed by atoms with Gasteiger partial charge in [-0.25, -0.2) is 18.7 Å². The Bertz CT molecular complexity index is 2120. The highest BCUT2D eigenvalue weighted by Crippen LogP contribution is 2.38. The lowest BCUT2D eigenvalue weighted by Gasteiger charge is -2.09. The fraction of sp³-hybridized carbons (Fsp3) is 0.161. The number of hydrogen-bond acceptors (Lipinski definition) is 8. The van der Waals surface area contributed by atoms with Crippen LogP contribution in [0.4, 0.5) is 35.1 Å². The Morgan fingerprint density at radius 1 is 0.706 bits per heavy atom. The summed E-state index contributed by atoms with van der Waals surface area (Å²) in [4.78, 5) is 7.83. The van der Waals surface area contributed by atoms with Gasteiger partial charge in [0, 0.05) is 22.9 Å². The second-order valence-electron chi connectivity index (χ2n) is 10.5. The van der Waals surface area contributed by atoms with E-state index >= 15 is 0 Å². The Labute approximate surface area is 294 Å². The van der Waals surface area contributed by atoms with E-state index in [0.29, 0.717) is 33.4 Å². The third-order valence-corrected chi connectivity index (χ3v) is 10.0.